The van der Waals surface area contributed by atoms with E-state index < -0.39 is 6.09 Å². The Morgan fingerprint density at radius 2 is 2.15 bits per heavy atom. The fraction of sp³-hybridized carbons (Fsp3) is 0.0833. The predicted octanol–water partition coefficient (Wildman–Crippen LogP) is 1.69. The summed E-state index contributed by atoms with van der Waals surface area (Å²) in [5.41, 5.74) is 3.50. The van der Waals surface area contributed by atoms with Crippen LogP contribution >= 0.6 is 0 Å². The molecule has 2 aromatic heterocycles. The van der Waals surface area contributed by atoms with Gasteiger partial charge in [-0.15, -0.1) is 0 Å². The van der Waals surface area contributed by atoms with Crippen molar-refractivity contribution < 1.29 is 9.90 Å². The van der Waals surface area contributed by atoms with Crippen molar-refractivity contribution in [3.8, 4) is 12.1 Å². The van der Waals surface area contributed by atoms with Gasteiger partial charge in [0.05, 0.1) is 11.9 Å². The lowest BCUT2D eigenvalue weighted by Gasteiger charge is -2.01. The van der Waals surface area contributed by atoms with Crippen molar-refractivity contribution in [2.24, 2.45) is 5.10 Å². The van der Waals surface area contributed by atoms with Gasteiger partial charge >= 0.3 is 6.09 Å². The normalized spacial score (nSPS) is 9.55. The lowest BCUT2D eigenvalue weighted by molar-refractivity contribution is 0.197. The van der Waals surface area contributed by atoms with E-state index >= 15 is 0 Å². The first-order valence-electron chi connectivity index (χ1n) is 5.42. The molecule has 20 heavy (non-hydrogen) atoms. The van der Waals surface area contributed by atoms with Gasteiger partial charge in [-0.3, -0.25) is 5.43 Å². The Morgan fingerprint density at radius 1 is 1.45 bits per heavy atom. The predicted molar refractivity (Wildman–Crippen MR) is 70.2 cm³/mol. The van der Waals surface area contributed by atoms with Gasteiger partial charge in [-0.2, -0.15) is 15.6 Å². The molecule has 2 heterocycles. The zero-order valence-corrected chi connectivity index (χ0v) is 10.3. The number of aromatic nitrogens is 2. The van der Waals surface area contributed by atoms with Gasteiger partial charge in [0, 0.05) is 11.1 Å². The molecule has 8 nitrogen and oxygen atoms in total. The van der Waals surface area contributed by atoms with Crippen molar-refractivity contribution >= 4 is 28.5 Å². The van der Waals surface area contributed by atoms with E-state index in [0.717, 1.165) is 4.57 Å². The molecule has 0 fully saturated rings. The van der Waals surface area contributed by atoms with Crippen molar-refractivity contribution in [1.82, 2.24) is 9.55 Å². The zero-order valence-electron chi connectivity index (χ0n) is 10.3. The summed E-state index contributed by atoms with van der Waals surface area (Å²) in [5.74, 6) is 0. The van der Waals surface area contributed by atoms with Crippen LogP contribution < -0.4 is 5.43 Å². The molecule has 0 bridgehead atoms. The number of hydrogen-bond donors (Lipinski definition) is 2. The number of rotatable bonds is 2. The van der Waals surface area contributed by atoms with Crippen LogP contribution in [0.25, 0.3) is 11.0 Å². The van der Waals surface area contributed by atoms with Crippen LogP contribution in [-0.2, 0) is 0 Å². The van der Waals surface area contributed by atoms with Crippen LogP contribution in [0.4, 0.5) is 10.5 Å². The topological polar surface area (TPSA) is 127 Å². The number of carboxylic acid groups (broad SMARTS) is 1. The molecule has 2 aromatic rings. The average Bonchev–Trinajstić information content (AvgIpc) is 2.75. The number of nitriles is 2. The van der Waals surface area contributed by atoms with E-state index in [1.807, 2.05) is 0 Å². The van der Waals surface area contributed by atoms with Crippen LogP contribution in [-0.4, -0.2) is 26.5 Å². The maximum Gasteiger partial charge on any atom is 0.417 e. The number of aryl methyl sites for hydroxylation is 1. The van der Waals surface area contributed by atoms with Gasteiger partial charge < -0.3 is 5.11 Å². The molecular formula is C12H8N6O2. The standard InChI is InChI=1S/C12H8N6O2/c1-7-2-8-3-9(16-17-10(4-13)5-14)6-15-11(8)18(7)12(19)20/h2-3,6,16H,1H3,(H,19,20). The molecule has 0 amide bonds. The summed E-state index contributed by atoms with van der Waals surface area (Å²) in [6, 6.07) is 6.52. The summed E-state index contributed by atoms with van der Waals surface area (Å²) in [7, 11) is 0. The second-order valence-electron chi connectivity index (χ2n) is 3.84. The van der Waals surface area contributed by atoms with E-state index in [1.165, 1.54) is 6.20 Å². The third kappa shape index (κ3) is 2.26. The smallest absolute Gasteiger partial charge is 0.417 e. The monoisotopic (exact) mass is 268 g/mol. The van der Waals surface area contributed by atoms with E-state index in [0.29, 0.717) is 22.4 Å². The van der Waals surface area contributed by atoms with Gasteiger partial charge in [-0.05, 0) is 19.1 Å². The largest absolute Gasteiger partial charge is 0.464 e. The second kappa shape index (κ2) is 5.08. The second-order valence-corrected chi connectivity index (χ2v) is 3.84. The fourth-order valence-corrected chi connectivity index (χ4v) is 1.72. The van der Waals surface area contributed by atoms with Crippen molar-refractivity contribution in [2.45, 2.75) is 6.92 Å². The molecule has 2 rings (SSSR count). The molecule has 0 aliphatic heterocycles. The van der Waals surface area contributed by atoms with Gasteiger partial charge in [0.1, 0.15) is 17.8 Å². The Labute approximate surface area is 113 Å². The highest BCUT2D eigenvalue weighted by Crippen LogP contribution is 2.20. The van der Waals surface area contributed by atoms with Crippen molar-refractivity contribution in [1.29, 1.82) is 10.5 Å². The lowest BCUT2D eigenvalue weighted by atomic mass is 10.3. The summed E-state index contributed by atoms with van der Waals surface area (Å²) in [5, 5.41) is 30.4. The van der Waals surface area contributed by atoms with Crippen LogP contribution in [0, 0.1) is 29.6 Å². The van der Waals surface area contributed by atoms with Crippen LogP contribution in [0.3, 0.4) is 0 Å². The number of nitrogens with one attached hydrogen (secondary N) is 1. The van der Waals surface area contributed by atoms with Gasteiger partial charge in [-0.1, -0.05) is 0 Å². The maximum atomic E-state index is 11.1. The highest BCUT2D eigenvalue weighted by molar-refractivity contribution is 6.10. The number of anilines is 1. The Bertz CT molecular complexity index is 790. The molecule has 0 aliphatic rings. The number of hydrazone groups is 1. The van der Waals surface area contributed by atoms with Gasteiger partial charge in [-0.25, -0.2) is 14.3 Å². The molecule has 0 aliphatic carbocycles. The number of pyridine rings is 1. The molecule has 0 spiro atoms. The third-order valence-corrected chi connectivity index (χ3v) is 2.52. The third-order valence-electron chi connectivity index (χ3n) is 2.52. The minimum atomic E-state index is -1.11. The lowest BCUT2D eigenvalue weighted by Crippen LogP contribution is -2.09. The average molecular weight is 268 g/mol. The van der Waals surface area contributed by atoms with Crippen molar-refractivity contribution in [3.63, 3.8) is 0 Å². The molecule has 8 heteroatoms. The summed E-state index contributed by atoms with van der Waals surface area (Å²) in [6.07, 6.45) is 0.261. The van der Waals surface area contributed by atoms with E-state index in [9.17, 15) is 4.79 Å². The number of carbonyl (C=O) groups is 1. The Balaban J connectivity index is 2.42. The summed E-state index contributed by atoms with van der Waals surface area (Å²) in [4.78, 5) is 15.1. The molecule has 0 saturated heterocycles. The molecule has 0 radical (unpaired) electrons. The summed E-state index contributed by atoms with van der Waals surface area (Å²) < 4.78 is 1.07. The van der Waals surface area contributed by atoms with Crippen LogP contribution in [0.15, 0.2) is 23.4 Å². The quantitative estimate of drug-likeness (QED) is 0.630. The Hall–Kier alpha value is -3.39. The molecule has 0 aromatic carbocycles. The molecule has 0 atom stereocenters. The fourth-order valence-electron chi connectivity index (χ4n) is 1.72. The van der Waals surface area contributed by atoms with Gasteiger partial charge in [0.15, 0.2) is 0 Å². The van der Waals surface area contributed by atoms with Crippen LogP contribution in [0.2, 0.25) is 0 Å². The summed E-state index contributed by atoms with van der Waals surface area (Å²) in [6.45, 7) is 1.66. The minimum Gasteiger partial charge on any atom is -0.464 e. The Kier molecular flexibility index (Phi) is 3.32. The first kappa shape index (κ1) is 13.1. The molecule has 2 N–H and O–H groups in total. The van der Waals surface area contributed by atoms with Gasteiger partial charge in [0.25, 0.3) is 0 Å². The van der Waals surface area contributed by atoms with Crippen molar-refractivity contribution in [2.75, 3.05) is 5.43 Å². The van der Waals surface area contributed by atoms with E-state index in [-0.39, 0.29) is 5.71 Å². The Morgan fingerprint density at radius 3 is 2.75 bits per heavy atom. The maximum absolute atomic E-state index is 11.1. The number of hydrogen-bond acceptors (Lipinski definition) is 6. The van der Waals surface area contributed by atoms with Crippen molar-refractivity contribution in [3.05, 3.63) is 24.0 Å². The van der Waals surface area contributed by atoms with Crippen LogP contribution in [0.5, 0.6) is 0 Å². The zero-order chi connectivity index (χ0) is 14.7. The highest BCUT2D eigenvalue weighted by atomic mass is 16.4. The van der Waals surface area contributed by atoms with E-state index in [4.69, 9.17) is 15.6 Å². The molecule has 0 saturated carbocycles. The summed E-state index contributed by atoms with van der Waals surface area (Å²) >= 11 is 0. The minimum absolute atomic E-state index is 0.310. The highest BCUT2D eigenvalue weighted by Gasteiger charge is 2.12. The first-order chi connectivity index (χ1) is 9.56. The number of nitrogens with zero attached hydrogens (tertiary/aromatic N) is 5. The van der Waals surface area contributed by atoms with E-state index in [1.54, 1.807) is 31.2 Å². The number of fused-ring (bicyclic) bond motifs is 1. The SMILES string of the molecule is Cc1cc2cc(NN=C(C#N)C#N)cnc2n1C(=O)O. The van der Waals surface area contributed by atoms with Crippen LogP contribution in [0.1, 0.15) is 5.69 Å². The molecule has 0 unspecified atom stereocenters. The van der Waals surface area contributed by atoms with E-state index in [2.05, 4.69) is 15.5 Å². The molecular weight excluding hydrogens is 260 g/mol. The van der Waals surface area contributed by atoms with Gasteiger partial charge in [0.2, 0.25) is 5.71 Å². The molecule has 98 valence electrons. The first-order valence-corrected chi connectivity index (χ1v) is 5.42.